The summed E-state index contributed by atoms with van der Waals surface area (Å²) in [4.78, 5) is 31.2. The summed E-state index contributed by atoms with van der Waals surface area (Å²) in [6, 6.07) is 7.39. The molecule has 1 fully saturated rings. The van der Waals surface area contributed by atoms with Crippen molar-refractivity contribution < 1.29 is 14.7 Å². The second kappa shape index (κ2) is 8.63. The smallest absolute Gasteiger partial charge is 0.317 e. The highest BCUT2D eigenvalue weighted by molar-refractivity contribution is 6.31. The quantitative estimate of drug-likeness (QED) is 0.729. The van der Waals surface area contributed by atoms with Gasteiger partial charge in [-0.1, -0.05) is 11.6 Å². The van der Waals surface area contributed by atoms with Crippen molar-refractivity contribution in [2.45, 2.75) is 31.8 Å². The van der Waals surface area contributed by atoms with Crippen molar-refractivity contribution in [2.24, 2.45) is 0 Å². The van der Waals surface area contributed by atoms with Gasteiger partial charge in [-0.25, -0.2) is 4.79 Å². The Bertz CT molecular complexity index is 822. The summed E-state index contributed by atoms with van der Waals surface area (Å²) in [7, 11) is 1.75. The van der Waals surface area contributed by atoms with Gasteiger partial charge >= 0.3 is 6.03 Å². The molecule has 0 saturated carbocycles. The molecular formula is C19H25ClN4O3. The average Bonchev–Trinajstić information content (AvgIpc) is 3.07. The van der Waals surface area contributed by atoms with Crippen LogP contribution in [0, 0.1) is 0 Å². The number of nitrogens with one attached hydrogen (secondary N) is 2. The normalized spacial score (nSPS) is 17.1. The summed E-state index contributed by atoms with van der Waals surface area (Å²) in [5.74, 6) is -0.0623. The van der Waals surface area contributed by atoms with E-state index in [1.54, 1.807) is 16.8 Å². The first-order valence-electron chi connectivity index (χ1n) is 9.14. The number of aromatic amines is 1. The molecule has 1 atom stereocenters. The maximum Gasteiger partial charge on any atom is 0.317 e. The number of amides is 3. The molecule has 0 spiro atoms. The maximum absolute atomic E-state index is 12.5. The third-order valence-electron chi connectivity index (χ3n) is 5.01. The van der Waals surface area contributed by atoms with Gasteiger partial charge in [-0.2, -0.15) is 0 Å². The van der Waals surface area contributed by atoms with Gasteiger partial charge in [-0.05, 0) is 37.1 Å². The van der Waals surface area contributed by atoms with Crippen LogP contribution in [0.25, 0.3) is 10.9 Å². The van der Waals surface area contributed by atoms with Gasteiger partial charge in [0.2, 0.25) is 5.91 Å². The van der Waals surface area contributed by atoms with E-state index in [2.05, 4.69) is 10.3 Å². The van der Waals surface area contributed by atoms with Crippen molar-refractivity contribution >= 4 is 34.4 Å². The Balaban J connectivity index is 1.55. The molecule has 1 aliphatic rings. The van der Waals surface area contributed by atoms with E-state index in [9.17, 15) is 9.59 Å². The number of aliphatic hydroxyl groups is 1. The van der Waals surface area contributed by atoms with E-state index in [4.69, 9.17) is 16.7 Å². The van der Waals surface area contributed by atoms with Gasteiger partial charge in [0, 0.05) is 48.2 Å². The molecule has 1 saturated heterocycles. The molecule has 27 heavy (non-hydrogen) atoms. The lowest BCUT2D eigenvalue weighted by atomic mass is 10.0. The van der Waals surface area contributed by atoms with E-state index in [0.717, 1.165) is 29.4 Å². The Morgan fingerprint density at radius 3 is 3.00 bits per heavy atom. The first-order valence-corrected chi connectivity index (χ1v) is 9.52. The number of benzene rings is 1. The fourth-order valence-electron chi connectivity index (χ4n) is 3.47. The molecule has 8 heteroatoms. The zero-order valence-corrected chi connectivity index (χ0v) is 16.1. The second-order valence-corrected chi connectivity index (χ2v) is 7.34. The highest BCUT2D eigenvalue weighted by Crippen LogP contribution is 2.20. The van der Waals surface area contributed by atoms with Crippen LogP contribution in [0.4, 0.5) is 4.79 Å². The predicted molar refractivity (Wildman–Crippen MR) is 105 cm³/mol. The summed E-state index contributed by atoms with van der Waals surface area (Å²) >= 11 is 6.00. The van der Waals surface area contributed by atoms with Crippen LogP contribution in [0.15, 0.2) is 24.3 Å². The van der Waals surface area contributed by atoms with Gasteiger partial charge in [0.25, 0.3) is 0 Å². The summed E-state index contributed by atoms with van der Waals surface area (Å²) in [5.41, 5.74) is 1.87. The minimum Gasteiger partial charge on any atom is -0.396 e. The Labute approximate surface area is 163 Å². The molecule has 1 aromatic heterocycles. The van der Waals surface area contributed by atoms with Crippen molar-refractivity contribution in [3.8, 4) is 0 Å². The van der Waals surface area contributed by atoms with Gasteiger partial charge < -0.3 is 25.2 Å². The van der Waals surface area contributed by atoms with Crippen LogP contribution in [0.5, 0.6) is 0 Å². The van der Waals surface area contributed by atoms with Crippen LogP contribution in [0.1, 0.15) is 25.0 Å². The molecular weight excluding hydrogens is 368 g/mol. The molecule has 0 bridgehead atoms. The summed E-state index contributed by atoms with van der Waals surface area (Å²) in [6.07, 6.45) is 1.84. The maximum atomic E-state index is 12.5. The summed E-state index contributed by atoms with van der Waals surface area (Å²) in [6.45, 7) is 1.43. The zero-order valence-electron chi connectivity index (χ0n) is 15.4. The van der Waals surface area contributed by atoms with Gasteiger partial charge in [0.05, 0.1) is 19.2 Å². The van der Waals surface area contributed by atoms with Gasteiger partial charge in [-0.3, -0.25) is 4.79 Å². The molecule has 0 aliphatic carbocycles. The molecule has 1 aromatic carbocycles. The zero-order chi connectivity index (χ0) is 19.4. The number of hydrogen-bond acceptors (Lipinski definition) is 3. The molecule has 3 N–H and O–H groups in total. The molecule has 2 heterocycles. The number of halogens is 1. The van der Waals surface area contributed by atoms with E-state index < -0.39 is 0 Å². The Hall–Kier alpha value is -2.25. The lowest BCUT2D eigenvalue weighted by Gasteiger charge is -2.37. The van der Waals surface area contributed by atoms with Crippen LogP contribution >= 0.6 is 11.6 Å². The average molecular weight is 393 g/mol. The molecule has 1 aliphatic heterocycles. The number of carbonyl (C=O) groups is 2. The number of aromatic nitrogens is 1. The topological polar surface area (TPSA) is 88.7 Å². The third kappa shape index (κ3) is 4.73. The van der Waals surface area contributed by atoms with Crippen LogP contribution < -0.4 is 5.32 Å². The molecule has 0 radical (unpaired) electrons. The number of piperidine rings is 1. The third-order valence-corrected chi connectivity index (χ3v) is 5.25. The number of H-pyrrole nitrogens is 1. The van der Waals surface area contributed by atoms with Gasteiger partial charge in [0.15, 0.2) is 0 Å². The second-order valence-electron chi connectivity index (χ2n) is 6.91. The number of nitrogens with zero attached hydrogens (tertiary/aromatic N) is 2. The van der Waals surface area contributed by atoms with E-state index >= 15 is 0 Å². The van der Waals surface area contributed by atoms with Gasteiger partial charge in [-0.15, -0.1) is 0 Å². The highest BCUT2D eigenvalue weighted by Gasteiger charge is 2.28. The fraction of sp³-hybridized carbons (Fsp3) is 0.474. The SMILES string of the molecule is CN(C(=O)NCc1cc2cc(Cl)ccc2[nH]1)[C@@H]1CCCN(C(=O)CCO)C1. The number of likely N-dealkylation sites (N-methyl/N-ethyl adjacent to an activating group) is 1. The number of fused-ring (bicyclic) bond motifs is 1. The van der Waals surface area contributed by atoms with Crippen molar-refractivity contribution in [1.82, 2.24) is 20.1 Å². The molecule has 2 aromatic rings. The monoisotopic (exact) mass is 392 g/mol. The van der Waals surface area contributed by atoms with Gasteiger partial charge in [0.1, 0.15) is 0 Å². The van der Waals surface area contributed by atoms with Crippen molar-refractivity contribution in [1.29, 1.82) is 0 Å². The Morgan fingerprint density at radius 1 is 1.41 bits per heavy atom. The molecule has 0 unspecified atom stereocenters. The Morgan fingerprint density at radius 2 is 2.22 bits per heavy atom. The standard InChI is InChI=1S/C19H25ClN4O3/c1-23(16-3-2-7-24(12-16)18(26)6-8-25)19(27)21-11-15-10-13-9-14(20)4-5-17(13)22-15/h4-5,9-10,16,22,25H,2-3,6-8,11-12H2,1H3,(H,21,27)/t16-/m1/s1. The number of aliphatic hydroxyl groups excluding tert-OH is 1. The molecule has 3 amide bonds. The van der Waals surface area contributed by atoms with E-state index in [0.29, 0.717) is 24.7 Å². The van der Waals surface area contributed by atoms with Crippen LogP contribution in [-0.2, 0) is 11.3 Å². The minimum absolute atomic E-state index is 0.0251. The molecule has 146 valence electrons. The van der Waals surface area contributed by atoms with E-state index in [1.807, 2.05) is 24.3 Å². The molecule has 7 nitrogen and oxygen atoms in total. The van der Waals surface area contributed by atoms with Crippen LogP contribution in [0.2, 0.25) is 5.02 Å². The van der Waals surface area contributed by atoms with E-state index in [1.165, 1.54) is 0 Å². The summed E-state index contributed by atoms with van der Waals surface area (Å²) < 4.78 is 0. The first-order chi connectivity index (χ1) is 13.0. The number of likely N-dealkylation sites (tertiary alicyclic amines) is 1. The predicted octanol–water partition coefficient (Wildman–Crippen LogP) is 2.34. The van der Waals surface area contributed by atoms with Crippen molar-refractivity contribution in [3.63, 3.8) is 0 Å². The number of rotatable bonds is 5. The lowest BCUT2D eigenvalue weighted by Crippen LogP contribution is -2.52. The highest BCUT2D eigenvalue weighted by atomic mass is 35.5. The van der Waals surface area contributed by atoms with Crippen LogP contribution in [-0.4, -0.2) is 64.6 Å². The van der Waals surface area contributed by atoms with E-state index in [-0.39, 0.29) is 31.0 Å². The van der Waals surface area contributed by atoms with Crippen molar-refractivity contribution in [2.75, 3.05) is 26.7 Å². The Kier molecular flexibility index (Phi) is 6.23. The number of carbonyl (C=O) groups excluding carboxylic acids is 2. The molecule has 3 rings (SSSR count). The first kappa shape index (κ1) is 19.5. The summed E-state index contributed by atoms with van der Waals surface area (Å²) in [5, 5.41) is 13.5. The minimum atomic E-state index is -0.173. The largest absolute Gasteiger partial charge is 0.396 e. The van der Waals surface area contributed by atoms with Crippen LogP contribution in [0.3, 0.4) is 0 Å². The fourth-order valence-corrected chi connectivity index (χ4v) is 3.65. The number of urea groups is 1. The lowest BCUT2D eigenvalue weighted by molar-refractivity contribution is -0.133. The van der Waals surface area contributed by atoms with Crippen molar-refractivity contribution in [3.05, 3.63) is 35.0 Å². The number of hydrogen-bond donors (Lipinski definition) is 3.